The predicted molar refractivity (Wildman–Crippen MR) is 52.5 cm³/mol. The minimum absolute atomic E-state index is 0.336. The van der Waals surface area contributed by atoms with E-state index in [0.717, 1.165) is 0 Å². The predicted octanol–water partition coefficient (Wildman–Crippen LogP) is 0.337. The molecule has 0 aromatic carbocycles. The molecule has 3 rings (SSSR count). The summed E-state index contributed by atoms with van der Waals surface area (Å²) >= 11 is 0. The van der Waals surface area contributed by atoms with E-state index in [1.807, 2.05) is 6.21 Å². The molecule has 0 spiro atoms. The average Bonchev–Trinajstić information content (AvgIpc) is 2.61. The summed E-state index contributed by atoms with van der Waals surface area (Å²) in [4.78, 5) is 0. The number of hydrazone groups is 1. The zero-order valence-corrected chi connectivity index (χ0v) is 7.14. The lowest BCUT2D eigenvalue weighted by Crippen LogP contribution is -2.50. The van der Waals surface area contributed by atoms with Crippen LogP contribution in [0, 0.1) is 0 Å². The van der Waals surface area contributed by atoms with Gasteiger partial charge in [0, 0.05) is 6.21 Å². The van der Waals surface area contributed by atoms with Crippen molar-refractivity contribution in [2.24, 2.45) is 5.10 Å². The molecule has 0 saturated heterocycles. The number of hydrogen-bond acceptors (Lipinski definition) is 3. The second kappa shape index (κ2) is 2.57. The van der Waals surface area contributed by atoms with Gasteiger partial charge in [0.1, 0.15) is 0 Å². The van der Waals surface area contributed by atoms with E-state index in [1.54, 1.807) is 0 Å². The highest BCUT2D eigenvalue weighted by molar-refractivity contribution is 5.69. The fraction of sp³-hybridized carbons (Fsp3) is 0.300. The second-order valence-corrected chi connectivity index (χ2v) is 3.51. The molecule has 0 radical (unpaired) electrons. The number of rotatable bonds is 0. The van der Waals surface area contributed by atoms with Crippen molar-refractivity contribution in [3.8, 4) is 0 Å². The molecule has 0 aromatic rings. The Morgan fingerprint density at radius 1 is 1.23 bits per heavy atom. The second-order valence-electron chi connectivity index (χ2n) is 3.51. The molecule has 3 atom stereocenters. The van der Waals surface area contributed by atoms with Gasteiger partial charge in [-0.25, -0.2) is 0 Å². The lowest BCUT2D eigenvalue weighted by Gasteiger charge is -2.30. The first-order chi connectivity index (χ1) is 6.43. The molecule has 0 amide bonds. The highest BCUT2D eigenvalue weighted by Gasteiger charge is 2.30. The number of fused-ring (bicyclic) bond motifs is 2. The molecule has 2 aliphatic heterocycles. The van der Waals surface area contributed by atoms with Crippen LogP contribution in [-0.2, 0) is 0 Å². The Balaban J connectivity index is 1.96. The Morgan fingerprint density at radius 2 is 2.23 bits per heavy atom. The normalized spacial score (nSPS) is 39.4. The third kappa shape index (κ3) is 1.04. The molecule has 3 aliphatic rings. The Labute approximate surface area is 76.9 Å². The summed E-state index contributed by atoms with van der Waals surface area (Å²) in [6.07, 6.45) is 12.7. The Hall–Kier alpha value is -1.35. The van der Waals surface area contributed by atoms with E-state index in [9.17, 15) is 0 Å². The molecule has 66 valence electrons. The van der Waals surface area contributed by atoms with Crippen LogP contribution in [0.2, 0.25) is 0 Å². The van der Waals surface area contributed by atoms with Gasteiger partial charge in [0.05, 0.1) is 18.1 Å². The van der Waals surface area contributed by atoms with Gasteiger partial charge >= 0.3 is 0 Å². The summed E-state index contributed by atoms with van der Waals surface area (Å²) in [6, 6.07) is 1.06. The van der Waals surface area contributed by atoms with Crippen LogP contribution >= 0.6 is 0 Å². The molecule has 3 nitrogen and oxygen atoms in total. The molecule has 3 heteroatoms. The number of allylic oxidation sites excluding steroid dienone is 2. The molecule has 1 aliphatic carbocycles. The Morgan fingerprint density at radius 3 is 3.23 bits per heavy atom. The van der Waals surface area contributed by atoms with Gasteiger partial charge in [-0.2, -0.15) is 5.10 Å². The van der Waals surface area contributed by atoms with Crippen LogP contribution in [0.25, 0.3) is 0 Å². The van der Waals surface area contributed by atoms with Crippen LogP contribution in [-0.4, -0.2) is 24.3 Å². The number of hydrogen-bond donors (Lipinski definition) is 2. The Bertz CT molecular complexity index is 338. The number of nitrogens with zero attached hydrogens (tertiary/aromatic N) is 1. The third-order valence-corrected chi connectivity index (χ3v) is 2.65. The van der Waals surface area contributed by atoms with Gasteiger partial charge in [0.2, 0.25) is 0 Å². The Kier molecular flexibility index (Phi) is 1.40. The van der Waals surface area contributed by atoms with E-state index >= 15 is 0 Å². The van der Waals surface area contributed by atoms with E-state index in [-0.39, 0.29) is 0 Å². The van der Waals surface area contributed by atoms with Gasteiger partial charge in [0.25, 0.3) is 0 Å². The van der Waals surface area contributed by atoms with Crippen LogP contribution in [0.4, 0.5) is 0 Å². The maximum Gasteiger partial charge on any atom is 0.0831 e. The van der Waals surface area contributed by atoms with Crippen molar-refractivity contribution < 1.29 is 0 Å². The smallest absolute Gasteiger partial charge is 0.0831 e. The van der Waals surface area contributed by atoms with Crippen molar-refractivity contribution in [3.05, 3.63) is 36.0 Å². The zero-order chi connectivity index (χ0) is 8.67. The monoisotopic (exact) mass is 173 g/mol. The maximum absolute atomic E-state index is 4.06. The van der Waals surface area contributed by atoms with Gasteiger partial charge < -0.3 is 5.43 Å². The summed E-state index contributed by atoms with van der Waals surface area (Å²) in [5.41, 5.74) is 4.40. The first kappa shape index (κ1) is 7.09. The van der Waals surface area contributed by atoms with Gasteiger partial charge in [-0.05, 0) is 5.57 Å². The van der Waals surface area contributed by atoms with Gasteiger partial charge in [0.15, 0.2) is 0 Å². The summed E-state index contributed by atoms with van der Waals surface area (Å²) in [7, 11) is 0. The lowest BCUT2D eigenvalue weighted by molar-refractivity contribution is 0.497. The van der Waals surface area contributed by atoms with Crippen LogP contribution in [0.5, 0.6) is 0 Å². The van der Waals surface area contributed by atoms with Crippen molar-refractivity contribution in [3.63, 3.8) is 0 Å². The highest BCUT2D eigenvalue weighted by atomic mass is 15.3. The molecule has 13 heavy (non-hydrogen) atoms. The molecular weight excluding hydrogens is 162 g/mol. The minimum Gasteiger partial charge on any atom is -0.301 e. The molecule has 3 unspecified atom stereocenters. The fourth-order valence-corrected chi connectivity index (χ4v) is 1.95. The van der Waals surface area contributed by atoms with Crippen molar-refractivity contribution in [2.45, 2.75) is 18.1 Å². The van der Waals surface area contributed by atoms with E-state index in [2.05, 4.69) is 46.2 Å². The molecule has 2 N–H and O–H groups in total. The van der Waals surface area contributed by atoms with Crippen LogP contribution < -0.4 is 10.7 Å². The SMILES string of the molecule is C1=CC2=CC3NN=CC3NC2C=C1. The van der Waals surface area contributed by atoms with Gasteiger partial charge in [-0.3, -0.25) is 5.32 Å². The van der Waals surface area contributed by atoms with Crippen molar-refractivity contribution >= 4 is 6.21 Å². The summed E-state index contributed by atoms with van der Waals surface area (Å²) in [5.74, 6) is 0. The van der Waals surface area contributed by atoms with Gasteiger partial charge in [-0.15, -0.1) is 0 Å². The standard InChI is InChI=1S/C10H11N3/c1-2-4-8-7(3-1)5-9-10(12-8)6-11-13-9/h1-6,8-10,12-13H. The van der Waals surface area contributed by atoms with Crippen LogP contribution in [0.1, 0.15) is 0 Å². The van der Waals surface area contributed by atoms with Crippen LogP contribution in [0.3, 0.4) is 0 Å². The lowest BCUT2D eigenvalue weighted by atomic mass is 9.92. The molecule has 0 bridgehead atoms. The summed E-state index contributed by atoms with van der Waals surface area (Å²) in [6.45, 7) is 0. The first-order valence-electron chi connectivity index (χ1n) is 4.55. The molecular formula is C10H11N3. The molecule has 0 fully saturated rings. The minimum atomic E-state index is 0.336. The summed E-state index contributed by atoms with van der Waals surface area (Å²) in [5, 5.41) is 7.55. The summed E-state index contributed by atoms with van der Waals surface area (Å²) < 4.78 is 0. The van der Waals surface area contributed by atoms with E-state index in [0.29, 0.717) is 18.1 Å². The van der Waals surface area contributed by atoms with Crippen LogP contribution in [0.15, 0.2) is 41.1 Å². The number of nitrogens with one attached hydrogen (secondary N) is 2. The third-order valence-electron chi connectivity index (χ3n) is 2.65. The van der Waals surface area contributed by atoms with E-state index in [4.69, 9.17) is 0 Å². The van der Waals surface area contributed by atoms with Gasteiger partial charge in [-0.1, -0.05) is 30.4 Å². The van der Waals surface area contributed by atoms with Crippen molar-refractivity contribution in [2.75, 3.05) is 0 Å². The molecule has 0 saturated carbocycles. The fourth-order valence-electron chi connectivity index (χ4n) is 1.95. The average molecular weight is 173 g/mol. The zero-order valence-electron chi connectivity index (χ0n) is 7.14. The molecule has 2 heterocycles. The van der Waals surface area contributed by atoms with E-state index < -0.39 is 0 Å². The van der Waals surface area contributed by atoms with Crippen molar-refractivity contribution in [1.29, 1.82) is 0 Å². The topological polar surface area (TPSA) is 36.4 Å². The first-order valence-corrected chi connectivity index (χ1v) is 4.55. The van der Waals surface area contributed by atoms with Crippen molar-refractivity contribution in [1.82, 2.24) is 10.7 Å². The molecule has 0 aromatic heterocycles. The van der Waals surface area contributed by atoms with E-state index in [1.165, 1.54) is 5.57 Å². The quantitative estimate of drug-likeness (QED) is 0.554. The highest BCUT2D eigenvalue weighted by Crippen LogP contribution is 2.20. The largest absolute Gasteiger partial charge is 0.301 e. The maximum atomic E-state index is 4.06.